The number of hydrogen-bond acceptors (Lipinski definition) is 6. The molecule has 0 bridgehead atoms. The SMILES string of the molecule is COC1OC(CN)[C@@H](OC)[C@H](O)[C@@H]1O. The summed E-state index contributed by atoms with van der Waals surface area (Å²) in [7, 11) is 2.82. The maximum atomic E-state index is 9.65. The molecular weight excluding hydrogens is 190 g/mol. The number of rotatable bonds is 3. The van der Waals surface area contributed by atoms with Crippen LogP contribution >= 0.6 is 0 Å². The Bertz CT molecular complexity index is 177. The summed E-state index contributed by atoms with van der Waals surface area (Å²) in [5.74, 6) is 0. The second-order valence-electron chi connectivity index (χ2n) is 3.20. The first-order valence-corrected chi connectivity index (χ1v) is 4.43. The van der Waals surface area contributed by atoms with Crippen LogP contribution in [0.15, 0.2) is 0 Å². The van der Waals surface area contributed by atoms with Gasteiger partial charge in [0.2, 0.25) is 0 Å². The molecule has 0 saturated carbocycles. The number of aliphatic hydroxyl groups is 2. The van der Waals surface area contributed by atoms with Gasteiger partial charge in [-0.05, 0) is 0 Å². The third kappa shape index (κ3) is 2.05. The van der Waals surface area contributed by atoms with Crippen LogP contribution in [0.25, 0.3) is 0 Å². The van der Waals surface area contributed by atoms with Crippen molar-refractivity contribution in [3.63, 3.8) is 0 Å². The van der Waals surface area contributed by atoms with E-state index in [0.717, 1.165) is 0 Å². The molecule has 1 fully saturated rings. The Hall–Kier alpha value is -0.240. The summed E-state index contributed by atoms with van der Waals surface area (Å²) in [6.07, 6.45) is -4.12. The first kappa shape index (κ1) is 11.8. The molecule has 0 aromatic heterocycles. The molecule has 1 aliphatic heterocycles. The lowest BCUT2D eigenvalue weighted by molar-refractivity contribution is -0.291. The number of hydrogen-bond donors (Lipinski definition) is 3. The van der Waals surface area contributed by atoms with Crippen LogP contribution in [0.3, 0.4) is 0 Å². The van der Waals surface area contributed by atoms with Gasteiger partial charge in [-0.15, -0.1) is 0 Å². The van der Waals surface area contributed by atoms with E-state index in [1.807, 2.05) is 0 Å². The first-order chi connectivity index (χ1) is 6.65. The number of ether oxygens (including phenoxy) is 3. The molecule has 6 nitrogen and oxygen atoms in total. The zero-order valence-electron chi connectivity index (χ0n) is 8.29. The van der Waals surface area contributed by atoms with Crippen LogP contribution in [0, 0.1) is 0 Å². The highest BCUT2D eigenvalue weighted by molar-refractivity contribution is 4.90. The van der Waals surface area contributed by atoms with Crippen LogP contribution in [0.5, 0.6) is 0 Å². The van der Waals surface area contributed by atoms with Crippen molar-refractivity contribution in [2.24, 2.45) is 5.73 Å². The van der Waals surface area contributed by atoms with E-state index in [1.54, 1.807) is 0 Å². The van der Waals surface area contributed by atoms with Gasteiger partial charge in [0.1, 0.15) is 24.4 Å². The molecule has 2 unspecified atom stereocenters. The summed E-state index contributed by atoms with van der Waals surface area (Å²) in [4.78, 5) is 0. The summed E-state index contributed by atoms with van der Waals surface area (Å²) in [5, 5.41) is 19.2. The molecule has 6 heteroatoms. The lowest BCUT2D eigenvalue weighted by Crippen LogP contribution is -2.60. The van der Waals surface area contributed by atoms with E-state index in [1.165, 1.54) is 14.2 Å². The quantitative estimate of drug-likeness (QED) is 0.498. The predicted octanol–water partition coefficient (Wildman–Crippen LogP) is -1.95. The van der Waals surface area contributed by atoms with Gasteiger partial charge >= 0.3 is 0 Å². The minimum atomic E-state index is -1.12. The van der Waals surface area contributed by atoms with Gasteiger partial charge < -0.3 is 30.2 Å². The van der Waals surface area contributed by atoms with Gasteiger partial charge in [-0.25, -0.2) is 0 Å². The molecule has 1 aliphatic rings. The number of aliphatic hydroxyl groups excluding tert-OH is 2. The lowest BCUT2D eigenvalue weighted by Gasteiger charge is -2.40. The maximum Gasteiger partial charge on any atom is 0.186 e. The molecule has 0 aromatic rings. The summed E-state index contributed by atoms with van der Waals surface area (Å²) in [6, 6.07) is 0. The van der Waals surface area contributed by atoms with Crippen molar-refractivity contribution in [2.45, 2.75) is 30.7 Å². The normalized spacial score (nSPS) is 43.9. The minimum Gasteiger partial charge on any atom is -0.387 e. The van der Waals surface area contributed by atoms with Crippen molar-refractivity contribution in [3.8, 4) is 0 Å². The molecule has 0 amide bonds. The molecule has 84 valence electrons. The highest BCUT2D eigenvalue weighted by Gasteiger charge is 2.44. The van der Waals surface area contributed by atoms with Crippen LogP contribution < -0.4 is 5.73 Å². The van der Waals surface area contributed by atoms with E-state index in [0.29, 0.717) is 0 Å². The van der Waals surface area contributed by atoms with E-state index >= 15 is 0 Å². The second kappa shape index (κ2) is 5.01. The molecule has 5 atom stereocenters. The average Bonchev–Trinajstić information content (AvgIpc) is 2.21. The van der Waals surface area contributed by atoms with Crippen LogP contribution in [-0.4, -0.2) is 61.7 Å². The zero-order chi connectivity index (χ0) is 10.7. The van der Waals surface area contributed by atoms with Crippen molar-refractivity contribution in [2.75, 3.05) is 20.8 Å². The van der Waals surface area contributed by atoms with Gasteiger partial charge in [-0.2, -0.15) is 0 Å². The average molecular weight is 207 g/mol. The molecule has 1 heterocycles. The largest absolute Gasteiger partial charge is 0.387 e. The summed E-state index contributed by atoms with van der Waals surface area (Å²) in [5.41, 5.74) is 5.44. The standard InChI is InChI=1S/C8H17NO5/c1-12-7-4(3-9)14-8(13-2)6(11)5(7)10/h4-8,10-11H,3,9H2,1-2H3/t4?,5-,6+,7-,8?/m1/s1. The fraction of sp³-hybridized carbons (Fsp3) is 1.00. The van der Waals surface area contributed by atoms with Crippen LogP contribution in [0.4, 0.5) is 0 Å². The van der Waals surface area contributed by atoms with Crippen LogP contribution in [0.2, 0.25) is 0 Å². The van der Waals surface area contributed by atoms with Crippen LogP contribution in [-0.2, 0) is 14.2 Å². The van der Waals surface area contributed by atoms with Crippen molar-refractivity contribution < 1.29 is 24.4 Å². The van der Waals surface area contributed by atoms with Crippen molar-refractivity contribution in [1.82, 2.24) is 0 Å². The Morgan fingerprint density at radius 1 is 1.21 bits per heavy atom. The van der Waals surface area contributed by atoms with E-state index < -0.39 is 30.7 Å². The molecule has 0 aromatic carbocycles. The van der Waals surface area contributed by atoms with Crippen molar-refractivity contribution >= 4 is 0 Å². The monoisotopic (exact) mass is 207 g/mol. The molecule has 0 aliphatic carbocycles. The highest BCUT2D eigenvalue weighted by atomic mass is 16.7. The Balaban J connectivity index is 2.71. The topological polar surface area (TPSA) is 94.2 Å². The third-order valence-corrected chi connectivity index (χ3v) is 2.38. The second-order valence-corrected chi connectivity index (χ2v) is 3.20. The van der Waals surface area contributed by atoms with Crippen molar-refractivity contribution in [3.05, 3.63) is 0 Å². The number of nitrogens with two attached hydrogens (primary N) is 1. The zero-order valence-corrected chi connectivity index (χ0v) is 8.29. The first-order valence-electron chi connectivity index (χ1n) is 4.43. The molecule has 1 saturated heterocycles. The van der Waals surface area contributed by atoms with Gasteiger partial charge in [-0.1, -0.05) is 0 Å². The predicted molar refractivity (Wildman–Crippen MR) is 47.5 cm³/mol. The molecule has 1 rings (SSSR count). The molecule has 0 spiro atoms. The number of methoxy groups -OCH3 is 2. The van der Waals surface area contributed by atoms with Crippen LogP contribution in [0.1, 0.15) is 0 Å². The van der Waals surface area contributed by atoms with Gasteiger partial charge in [0.05, 0.1) is 0 Å². The van der Waals surface area contributed by atoms with E-state index in [4.69, 9.17) is 19.9 Å². The van der Waals surface area contributed by atoms with E-state index in [2.05, 4.69) is 0 Å². The van der Waals surface area contributed by atoms with E-state index in [-0.39, 0.29) is 6.54 Å². The molecule has 14 heavy (non-hydrogen) atoms. The molecule has 4 N–H and O–H groups in total. The Morgan fingerprint density at radius 2 is 1.86 bits per heavy atom. The van der Waals surface area contributed by atoms with E-state index in [9.17, 15) is 10.2 Å². The lowest BCUT2D eigenvalue weighted by atomic mass is 9.99. The van der Waals surface area contributed by atoms with Crippen molar-refractivity contribution in [1.29, 1.82) is 0 Å². The third-order valence-electron chi connectivity index (χ3n) is 2.38. The molecular formula is C8H17NO5. The fourth-order valence-electron chi connectivity index (χ4n) is 1.58. The fourth-order valence-corrected chi connectivity index (χ4v) is 1.58. The smallest absolute Gasteiger partial charge is 0.186 e. The summed E-state index contributed by atoms with van der Waals surface area (Å²) < 4.78 is 15.1. The van der Waals surface area contributed by atoms with Gasteiger partial charge in [0.25, 0.3) is 0 Å². The maximum absolute atomic E-state index is 9.65. The minimum absolute atomic E-state index is 0.197. The van der Waals surface area contributed by atoms with Gasteiger partial charge in [0.15, 0.2) is 6.29 Å². The Morgan fingerprint density at radius 3 is 2.29 bits per heavy atom. The summed E-state index contributed by atoms with van der Waals surface area (Å²) >= 11 is 0. The Kier molecular flexibility index (Phi) is 4.24. The summed E-state index contributed by atoms with van der Waals surface area (Å²) in [6.45, 7) is 0.197. The van der Waals surface area contributed by atoms with Gasteiger partial charge in [0, 0.05) is 20.8 Å². The van der Waals surface area contributed by atoms with Gasteiger partial charge in [-0.3, -0.25) is 0 Å². The Labute approximate surface area is 82.6 Å². The highest BCUT2D eigenvalue weighted by Crippen LogP contribution is 2.22. The molecule has 0 radical (unpaired) electrons.